The Kier molecular flexibility index (Phi) is 4.32. The standard InChI is InChI=1S/C21H22N4OS2/c1-12(2)27-21-23-22-20-24(14-7-5-4-6-8-14)18(26)17-15-10-9-13(3)11-16(15)28-19(17)25(20)21/h4-8,12-13H,9-11H2,1-3H3/t13-/m1/s1. The van der Waals surface area contributed by atoms with E-state index >= 15 is 0 Å². The van der Waals surface area contributed by atoms with Gasteiger partial charge < -0.3 is 0 Å². The molecule has 3 aromatic heterocycles. The molecule has 28 heavy (non-hydrogen) atoms. The lowest BCUT2D eigenvalue weighted by atomic mass is 9.89. The lowest BCUT2D eigenvalue weighted by Crippen LogP contribution is -2.22. The minimum atomic E-state index is 0.0225. The van der Waals surface area contributed by atoms with Gasteiger partial charge in [-0.25, -0.2) is 8.97 Å². The maximum atomic E-state index is 13.7. The lowest BCUT2D eigenvalue weighted by Gasteiger charge is -2.17. The maximum absolute atomic E-state index is 13.7. The van der Waals surface area contributed by atoms with Gasteiger partial charge in [0.15, 0.2) is 5.16 Å². The van der Waals surface area contributed by atoms with E-state index in [1.54, 1.807) is 27.7 Å². The smallest absolute Gasteiger partial charge is 0.268 e. The van der Waals surface area contributed by atoms with Crippen LogP contribution in [0.4, 0.5) is 0 Å². The molecule has 5 nitrogen and oxygen atoms in total. The average molecular weight is 411 g/mol. The van der Waals surface area contributed by atoms with E-state index in [1.807, 2.05) is 30.3 Å². The molecule has 0 aliphatic heterocycles. The highest BCUT2D eigenvalue weighted by atomic mass is 32.2. The van der Waals surface area contributed by atoms with E-state index in [2.05, 4.69) is 35.4 Å². The van der Waals surface area contributed by atoms with Gasteiger partial charge in [0.25, 0.3) is 5.56 Å². The van der Waals surface area contributed by atoms with Crippen molar-refractivity contribution in [3.63, 3.8) is 0 Å². The molecule has 1 aliphatic rings. The first-order valence-corrected chi connectivity index (χ1v) is 11.4. The zero-order chi connectivity index (χ0) is 19.4. The summed E-state index contributed by atoms with van der Waals surface area (Å²) in [7, 11) is 0. The van der Waals surface area contributed by atoms with Gasteiger partial charge in [-0.2, -0.15) is 0 Å². The van der Waals surface area contributed by atoms with E-state index in [9.17, 15) is 4.79 Å². The highest BCUT2D eigenvalue weighted by Gasteiger charge is 2.27. The van der Waals surface area contributed by atoms with Crippen LogP contribution in [-0.4, -0.2) is 24.4 Å². The van der Waals surface area contributed by atoms with Gasteiger partial charge in [0.05, 0.1) is 11.1 Å². The second-order valence-corrected chi connectivity index (χ2v) is 10.4. The molecule has 1 aliphatic carbocycles. The van der Waals surface area contributed by atoms with Crippen LogP contribution in [0.5, 0.6) is 0 Å². The highest BCUT2D eigenvalue weighted by molar-refractivity contribution is 7.99. The molecular formula is C21H22N4OS2. The summed E-state index contributed by atoms with van der Waals surface area (Å²) in [5.41, 5.74) is 2.09. The summed E-state index contributed by atoms with van der Waals surface area (Å²) in [6.45, 7) is 6.60. The molecular weight excluding hydrogens is 388 g/mol. The number of hydrogen-bond donors (Lipinski definition) is 0. The van der Waals surface area contributed by atoms with E-state index in [0.29, 0.717) is 16.9 Å². The fourth-order valence-corrected chi connectivity index (χ4v) is 6.35. The molecule has 5 rings (SSSR count). The Morgan fingerprint density at radius 2 is 2.00 bits per heavy atom. The number of thiophene rings is 1. The van der Waals surface area contributed by atoms with Gasteiger partial charge in [-0.1, -0.05) is 50.7 Å². The van der Waals surface area contributed by atoms with Crippen molar-refractivity contribution in [3.8, 4) is 5.69 Å². The third-order valence-electron chi connectivity index (χ3n) is 5.28. The van der Waals surface area contributed by atoms with Crippen LogP contribution in [0, 0.1) is 5.92 Å². The lowest BCUT2D eigenvalue weighted by molar-refractivity contribution is 0.509. The summed E-state index contributed by atoms with van der Waals surface area (Å²) in [5, 5.41) is 11.0. The summed E-state index contributed by atoms with van der Waals surface area (Å²) < 4.78 is 3.83. The van der Waals surface area contributed by atoms with Crippen LogP contribution in [0.2, 0.25) is 0 Å². The van der Waals surface area contributed by atoms with E-state index in [-0.39, 0.29) is 5.56 Å². The minimum absolute atomic E-state index is 0.0225. The third kappa shape index (κ3) is 2.71. The Labute approximate surface area is 171 Å². The fourth-order valence-electron chi connectivity index (χ4n) is 4.00. The molecule has 0 radical (unpaired) electrons. The monoisotopic (exact) mass is 410 g/mol. The molecule has 0 amide bonds. The second kappa shape index (κ2) is 6.74. The first-order valence-electron chi connectivity index (χ1n) is 9.71. The van der Waals surface area contributed by atoms with Crippen molar-refractivity contribution in [2.45, 2.75) is 50.4 Å². The van der Waals surface area contributed by atoms with Crippen molar-refractivity contribution < 1.29 is 0 Å². The Morgan fingerprint density at radius 1 is 1.21 bits per heavy atom. The van der Waals surface area contributed by atoms with Gasteiger partial charge in [-0.15, -0.1) is 21.5 Å². The van der Waals surface area contributed by atoms with E-state index < -0.39 is 0 Å². The number of nitrogens with zero attached hydrogens (tertiary/aromatic N) is 4. The molecule has 0 fully saturated rings. The van der Waals surface area contributed by atoms with Crippen LogP contribution < -0.4 is 5.56 Å². The topological polar surface area (TPSA) is 52.2 Å². The summed E-state index contributed by atoms with van der Waals surface area (Å²) >= 11 is 3.44. The molecule has 0 spiro atoms. The Hall–Kier alpha value is -2.12. The first kappa shape index (κ1) is 17.9. The molecule has 7 heteroatoms. The molecule has 0 unspecified atom stereocenters. The van der Waals surface area contributed by atoms with Crippen molar-refractivity contribution in [2.24, 2.45) is 5.92 Å². The van der Waals surface area contributed by atoms with E-state index in [0.717, 1.165) is 40.3 Å². The maximum Gasteiger partial charge on any atom is 0.268 e. The zero-order valence-electron chi connectivity index (χ0n) is 16.2. The van der Waals surface area contributed by atoms with Gasteiger partial charge in [0.2, 0.25) is 5.78 Å². The predicted molar refractivity (Wildman–Crippen MR) is 116 cm³/mol. The molecule has 1 atom stereocenters. The number of hydrogen-bond acceptors (Lipinski definition) is 5. The van der Waals surface area contributed by atoms with Crippen LogP contribution in [-0.2, 0) is 12.8 Å². The predicted octanol–water partition coefficient (Wildman–Crippen LogP) is 4.72. The number of aromatic nitrogens is 4. The summed E-state index contributed by atoms with van der Waals surface area (Å²) in [6.07, 6.45) is 3.16. The Bertz CT molecular complexity index is 1240. The van der Waals surface area contributed by atoms with Crippen LogP contribution >= 0.6 is 23.1 Å². The zero-order valence-corrected chi connectivity index (χ0v) is 17.8. The van der Waals surface area contributed by atoms with E-state index in [1.165, 1.54) is 10.4 Å². The normalized spacial score (nSPS) is 16.9. The first-order chi connectivity index (χ1) is 13.5. The molecule has 0 saturated heterocycles. The molecule has 4 aromatic rings. The van der Waals surface area contributed by atoms with Gasteiger partial charge in [0, 0.05) is 10.1 Å². The van der Waals surface area contributed by atoms with Gasteiger partial charge in [-0.3, -0.25) is 4.79 Å². The number of aryl methyl sites for hydroxylation is 1. The van der Waals surface area contributed by atoms with Crippen molar-refractivity contribution in [2.75, 3.05) is 0 Å². The number of rotatable bonds is 3. The SMILES string of the molecule is CC(C)Sc1nnc2n(-c3ccccc3)c(=O)c3c4c(sc3n12)C[C@H](C)CC4. The van der Waals surface area contributed by atoms with Crippen molar-refractivity contribution in [1.82, 2.24) is 19.2 Å². The number of benzene rings is 1. The molecule has 3 heterocycles. The minimum Gasteiger partial charge on any atom is -0.268 e. The van der Waals surface area contributed by atoms with Crippen molar-refractivity contribution in [1.29, 1.82) is 0 Å². The number of fused-ring (bicyclic) bond motifs is 5. The van der Waals surface area contributed by atoms with Crippen LogP contribution in [0.25, 0.3) is 21.7 Å². The fraction of sp³-hybridized carbons (Fsp3) is 0.381. The third-order valence-corrected chi connectivity index (χ3v) is 7.47. The summed E-state index contributed by atoms with van der Waals surface area (Å²) in [4.78, 5) is 16.0. The average Bonchev–Trinajstić information content (AvgIpc) is 3.23. The molecule has 0 bridgehead atoms. The van der Waals surface area contributed by atoms with Gasteiger partial charge in [-0.05, 0) is 42.9 Å². The quantitative estimate of drug-likeness (QED) is 0.459. The van der Waals surface area contributed by atoms with Crippen molar-refractivity contribution in [3.05, 3.63) is 51.1 Å². The van der Waals surface area contributed by atoms with Crippen LogP contribution in [0.1, 0.15) is 37.6 Å². The molecule has 0 saturated carbocycles. The molecule has 1 aromatic carbocycles. The Morgan fingerprint density at radius 3 is 2.75 bits per heavy atom. The Balaban J connectivity index is 1.93. The van der Waals surface area contributed by atoms with Crippen LogP contribution in [0.15, 0.2) is 40.3 Å². The van der Waals surface area contributed by atoms with Gasteiger partial charge in [0.1, 0.15) is 4.83 Å². The number of para-hydroxylation sites is 1. The second-order valence-electron chi connectivity index (χ2n) is 7.79. The molecule has 0 N–H and O–H groups in total. The molecule has 144 valence electrons. The summed E-state index contributed by atoms with van der Waals surface area (Å²) in [6, 6.07) is 9.78. The van der Waals surface area contributed by atoms with Gasteiger partial charge >= 0.3 is 0 Å². The highest BCUT2D eigenvalue weighted by Crippen LogP contribution is 2.38. The van der Waals surface area contributed by atoms with Crippen LogP contribution in [0.3, 0.4) is 0 Å². The summed E-state index contributed by atoms with van der Waals surface area (Å²) in [5.74, 6) is 1.26. The largest absolute Gasteiger partial charge is 0.268 e. The number of thioether (sulfide) groups is 1. The van der Waals surface area contributed by atoms with Crippen molar-refractivity contribution >= 4 is 39.1 Å². The van der Waals surface area contributed by atoms with E-state index in [4.69, 9.17) is 0 Å².